The number of aryl methyl sites for hydroxylation is 2. The van der Waals surface area contributed by atoms with E-state index in [2.05, 4.69) is 51.7 Å². The molecule has 0 aliphatic heterocycles. The fraction of sp³-hybridized carbons (Fsp3) is 0.125. The first-order chi connectivity index (χ1) is 8.77. The van der Waals surface area contributed by atoms with E-state index >= 15 is 0 Å². The molecule has 0 heterocycles. The largest absolute Gasteiger partial charge is 4.00 e. The topological polar surface area (TPSA) is 34.1 Å². The van der Waals surface area contributed by atoms with Crippen molar-refractivity contribution < 1.29 is 30.7 Å². The monoisotopic (exact) mass is 433 g/mol. The summed E-state index contributed by atoms with van der Waals surface area (Å²) in [6, 6.07) is 18.6. The molecule has 3 heteroatoms. The number of carbonyl (C=O) groups excluding carboxylic acids is 2. The van der Waals surface area contributed by atoms with Gasteiger partial charge in [-0.05, 0) is 0 Å². The molecule has 19 heavy (non-hydrogen) atoms. The first kappa shape index (κ1) is 19.8. The van der Waals surface area contributed by atoms with Gasteiger partial charge in [-0.1, -0.05) is 13.8 Å². The summed E-state index contributed by atoms with van der Waals surface area (Å²) < 4.78 is 0. The minimum atomic E-state index is 0. The molecule has 2 aromatic carbocycles. The molecule has 0 aromatic heterocycles. The van der Waals surface area contributed by atoms with Gasteiger partial charge in [0, 0.05) is 0 Å². The normalized spacial score (nSPS) is 7.89. The van der Waals surface area contributed by atoms with Gasteiger partial charge in [-0.2, -0.15) is 42.5 Å². The van der Waals surface area contributed by atoms with Crippen LogP contribution < -0.4 is 0 Å². The van der Waals surface area contributed by atoms with Gasteiger partial charge in [-0.25, -0.2) is 11.1 Å². The van der Waals surface area contributed by atoms with Crippen molar-refractivity contribution in [2.24, 2.45) is 0 Å². The fourth-order valence-electron chi connectivity index (χ4n) is 1.39. The summed E-state index contributed by atoms with van der Waals surface area (Å²) in [5.41, 5.74) is 4.81. The number of hydrogen-bond donors (Lipinski definition) is 0. The molecule has 0 saturated carbocycles. The molecule has 0 aliphatic rings. The quantitative estimate of drug-likeness (QED) is 0.512. The van der Waals surface area contributed by atoms with E-state index in [1.54, 1.807) is 0 Å². The Labute approximate surface area is 129 Å². The van der Waals surface area contributed by atoms with Gasteiger partial charge >= 0.3 is 21.1 Å². The van der Waals surface area contributed by atoms with E-state index in [0.717, 1.165) is 11.1 Å². The van der Waals surface area contributed by atoms with Gasteiger partial charge in [0.2, 0.25) is 0 Å². The fourth-order valence-corrected chi connectivity index (χ4v) is 1.39. The molecule has 0 atom stereocenters. The summed E-state index contributed by atoms with van der Waals surface area (Å²) in [4.78, 5) is 15.5. The van der Waals surface area contributed by atoms with E-state index in [0.29, 0.717) is 0 Å². The van der Waals surface area contributed by atoms with Gasteiger partial charge in [0.1, 0.15) is 0 Å². The molecule has 0 bridgehead atoms. The first-order valence-corrected chi connectivity index (χ1v) is 5.20. The maximum Gasteiger partial charge on any atom is 4.00 e. The summed E-state index contributed by atoms with van der Waals surface area (Å²) in [6.45, 7) is 10.7. The third-order valence-electron chi connectivity index (χ3n) is 2.43. The van der Waals surface area contributed by atoms with Gasteiger partial charge in [0.25, 0.3) is 0 Å². The van der Waals surface area contributed by atoms with Crippen LogP contribution in [0.3, 0.4) is 0 Å². The van der Waals surface area contributed by atoms with Crippen molar-refractivity contribution in [2.45, 2.75) is 13.8 Å². The molecule has 0 N–H and O–H groups in total. The summed E-state index contributed by atoms with van der Waals surface area (Å²) >= 11 is 0. The molecule has 0 unspecified atom stereocenters. The minimum absolute atomic E-state index is 0. The van der Waals surface area contributed by atoms with Crippen LogP contribution >= 0.6 is 0 Å². The smallest absolute Gasteiger partial charge is 0.545 e. The van der Waals surface area contributed by atoms with E-state index in [4.69, 9.17) is 9.59 Å². The molecule has 100 valence electrons. The number of benzene rings is 2. The van der Waals surface area contributed by atoms with Crippen molar-refractivity contribution >= 4 is 13.6 Å². The van der Waals surface area contributed by atoms with Crippen LogP contribution in [0.2, 0.25) is 0 Å². The zero-order valence-corrected chi connectivity index (χ0v) is 13.0. The minimum Gasteiger partial charge on any atom is -0.545 e. The van der Waals surface area contributed by atoms with Crippen molar-refractivity contribution in [3.63, 3.8) is 0 Å². The van der Waals surface area contributed by atoms with Crippen LogP contribution in [-0.4, -0.2) is 13.6 Å². The molecule has 0 aliphatic carbocycles. The predicted molar refractivity (Wildman–Crippen MR) is 72.5 cm³/mol. The Morgan fingerprint density at radius 2 is 1.53 bits per heavy atom. The molecular formula is C16H14O2Pt. The van der Waals surface area contributed by atoms with Crippen LogP contribution in [0, 0.1) is 26.0 Å². The van der Waals surface area contributed by atoms with Gasteiger partial charge in [-0.15, -0.1) is 17.2 Å². The molecule has 0 amide bonds. The van der Waals surface area contributed by atoms with Crippen LogP contribution in [0.25, 0.3) is 11.1 Å². The summed E-state index contributed by atoms with van der Waals surface area (Å²) in [5, 5.41) is 0. The van der Waals surface area contributed by atoms with Crippen molar-refractivity contribution in [2.75, 3.05) is 0 Å². The summed E-state index contributed by atoms with van der Waals surface area (Å²) in [7, 11) is 0. The van der Waals surface area contributed by atoms with Crippen LogP contribution in [0.4, 0.5) is 0 Å². The predicted octanol–water partition coefficient (Wildman–Crippen LogP) is 3.02. The Hall–Kier alpha value is -1.53. The Balaban J connectivity index is 0. The maximum atomic E-state index is 7.75. The summed E-state index contributed by atoms with van der Waals surface area (Å²) in [6.07, 6.45) is 0. The third kappa shape index (κ3) is 6.26. The van der Waals surface area contributed by atoms with Crippen LogP contribution in [0.15, 0.2) is 36.4 Å². The maximum absolute atomic E-state index is 7.75. The molecule has 0 saturated heterocycles. The van der Waals surface area contributed by atoms with E-state index in [9.17, 15) is 0 Å². The van der Waals surface area contributed by atoms with E-state index in [1.807, 2.05) is 24.3 Å². The molecular weight excluding hydrogens is 419 g/mol. The first-order valence-electron chi connectivity index (χ1n) is 5.20. The van der Waals surface area contributed by atoms with Crippen LogP contribution in [0.1, 0.15) is 11.1 Å². The second-order valence-electron chi connectivity index (χ2n) is 3.49. The van der Waals surface area contributed by atoms with Crippen molar-refractivity contribution in [1.82, 2.24) is 0 Å². The Kier molecular flexibility index (Phi) is 12.0. The Morgan fingerprint density at radius 3 is 2.00 bits per heavy atom. The van der Waals surface area contributed by atoms with Gasteiger partial charge < -0.3 is 9.59 Å². The van der Waals surface area contributed by atoms with E-state index in [1.165, 1.54) is 11.1 Å². The van der Waals surface area contributed by atoms with Gasteiger partial charge in [0.15, 0.2) is 0 Å². The standard InChI is InChI=1S/C14H12.2CHO.Pt/c1-11-8-9-14(10-12(11)2)13-6-4-3-5-7-13;2*1-2;/h3-6,8,10H,1-2H3;2*1H;/q-2;2*-1;+4. The van der Waals surface area contributed by atoms with Crippen molar-refractivity contribution in [3.05, 3.63) is 59.7 Å². The SMILES string of the molecule is Cc1c[c-]c(-c2[c-]cccc2)cc1C.[CH-]=O.[CH-]=O.[Pt+4]. The number of rotatable bonds is 1. The second-order valence-corrected chi connectivity index (χ2v) is 3.49. The molecule has 0 fully saturated rings. The third-order valence-corrected chi connectivity index (χ3v) is 2.43. The Morgan fingerprint density at radius 1 is 0.895 bits per heavy atom. The molecule has 0 radical (unpaired) electrons. The molecule has 2 aromatic rings. The van der Waals surface area contributed by atoms with Gasteiger partial charge in [-0.3, -0.25) is 13.6 Å². The molecule has 2 rings (SSSR count). The summed E-state index contributed by atoms with van der Waals surface area (Å²) in [5.74, 6) is 0. The number of hydrogen-bond acceptors (Lipinski definition) is 2. The molecule has 0 spiro atoms. The van der Waals surface area contributed by atoms with E-state index in [-0.39, 0.29) is 21.1 Å². The zero-order chi connectivity index (χ0) is 14.0. The Bertz CT molecular complexity index is 467. The van der Waals surface area contributed by atoms with Gasteiger partial charge in [0.05, 0.1) is 0 Å². The molecule has 2 nitrogen and oxygen atoms in total. The zero-order valence-electron chi connectivity index (χ0n) is 10.8. The van der Waals surface area contributed by atoms with Crippen molar-refractivity contribution in [1.29, 1.82) is 0 Å². The van der Waals surface area contributed by atoms with Crippen LogP contribution in [0.5, 0.6) is 0 Å². The average Bonchev–Trinajstić information content (AvgIpc) is 2.47. The van der Waals surface area contributed by atoms with Crippen molar-refractivity contribution in [3.8, 4) is 11.1 Å². The second kappa shape index (κ2) is 11.6. The van der Waals surface area contributed by atoms with Crippen LogP contribution in [-0.2, 0) is 30.7 Å². The average molecular weight is 433 g/mol. The van der Waals surface area contributed by atoms with E-state index < -0.39 is 0 Å².